The molecule has 0 radical (unpaired) electrons. The molecule has 216 valence electrons. The molecule has 2 saturated carbocycles. The molecule has 2 aliphatic rings. The predicted octanol–water partition coefficient (Wildman–Crippen LogP) is 9.95. The van der Waals surface area contributed by atoms with Crippen LogP contribution in [0.3, 0.4) is 0 Å². The summed E-state index contributed by atoms with van der Waals surface area (Å²) in [5, 5.41) is 0. The average molecular weight is 561 g/mol. The molecule has 2 fully saturated rings. The summed E-state index contributed by atoms with van der Waals surface area (Å²) < 4.78 is 102. The third kappa shape index (κ3) is 8.04. The molecule has 0 saturated heterocycles. The van der Waals surface area contributed by atoms with Crippen LogP contribution in [-0.4, -0.2) is 6.36 Å². The molecule has 0 aromatic heterocycles. The summed E-state index contributed by atoms with van der Waals surface area (Å²) in [6, 6.07) is 6.16. The Balaban J connectivity index is 1.26. The van der Waals surface area contributed by atoms with Crippen molar-refractivity contribution in [1.29, 1.82) is 0 Å². The highest BCUT2D eigenvalue weighted by Gasteiger charge is 2.39. The number of benzene rings is 2. The molecule has 39 heavy (non-hydrogen) atoms. The molecular weight excluding hydrogens is 525 g/mol. The molecule has 0 unspecified atom stereocenters. The number of ether oxygens (including phenoxy) is 2. The zero-order valence-electron chi connectivity index (χ0n) is 22.0. The third-order valence-corrected chi connectivity index (χ3v) is 8.59. The Bertz CT molecular complexity index is 1040. The predicted molar refractivity (Wildman–Crippen MR) is 134 cm³/mol. The van der Waals surface area contributed by atoms with E-state index in [0.29, 0.717) is 5.92 Å². The summed E-state index contributed by atoms with van der Waals surface area (Å²) in [7, 11) is 0. The van der Waals surface area contributed by atoms with Gasteiger partial charge in [-0.3, -0.25) is 0 Å². The second-order valence-corrected chi connectivity index (χ2v) is 11.1. The van der Waals surface area contributed by atoms with E-state index in [2.05, 4.69) is 16.4 Å². The van der Waals surface area contributed by atoms with E-state index in [-0.39, 0.29) is 17.9 Å². The zero-order chi connectivity index (χ0) is 28.2. The van der Waals surface area contributed by atoms with Crippen molar-refractivity contribution < 1.29 is 40.2 Å². The highest BCUT2D eigenvalue weighted by molar-refractivity contribution is 5.34. The van der Waals surface area contributed by atoms with Crippen LogP contribution in [0.4, 0.5) is 30.7 Å². The molecule has 0 spiro atoms. The lowest BCUT2D eigenvalue weighted by Gasteiger charge is -2.37. The zero-order valence-corrected chi connectivity index (χ0v) is 22.0. The first kappa shape index (κ1) is 29.5. The van der Waals surface area contributed by atoms with E-state index in [0.717, 1.165) is 36.2 Å². The van der Waals surface area contributed by atoms with Gasteiger partial charge in [-0.25, -0.2) is 8.78 Å². The first-order valence-electron chi connectivity index (χ1n) is 13.8. The van der Waals surface area contributed by atoms with Gasteiger partial charge < -0.3 is 9.47 Å². The van der Waals surface area contributed by atoms with Gasteiger partial charge in [0.1, 0.15) is 5.75 Å². The number of hydrogen-bond acceptors (Lipinski definition) is 2. The number of rotatable bonds is 9. The fraction of sp³-hybridized carbons (Fsp3) is 0.600. The summed E-state index contributed by atoms with van der Waals surface area (Å²) in [6.45, 7) is 2.29. The van der Waals surface area contributed by atoms with Crippen LogP contribution in [0.5, 0.6) is 11.5 Å². The van der Waals surface area contributed by atoms with Crippen LogP contribution < -0.4 is 9.47 Å². The lowest BCUT2D eigenvalue weighted by molar-refractivity contribution is -0.276. The number of aryl methyl sites for hydroxylation is 1. The Morgan fingerprint density at radius 1 is 0.718 bits per heavy atom. The molecule has 9 heteroatoms. The van der Waals surface area contributed by atoms with Gasteiger partial charge in [-0.1, -0.05) is 51.2 Å². The van der Waals surface area contributed by atoms with Crippen LogP contribution in [0.1, 0.15) is 82.3 Å². The topological polar surface area (TPSA) is 18.5 Å². The van der Waals surface area contributed by atoms with Gasteiger partial charge in [0.15, 0.2) is 11.6 Å². The molecule has 0 N–H and O–H groups in total. The van der Waals surface area contributed by atoms with Crippen LogP contribution in [0.15, 0.2) is 36.4 Å². The number of hydrogen-bond donors (Lipinski definition) is 0. The van der Waals surface area contributed by atoms with Gasteiger partial charge in [0.05, 0.1) is 5.56 Å². The van der Waals surface area contributed by atoms with Crippen molar-refractivity contribution in [3.8, 4) is 11.5 Å². The summed E-state index contributed by atoms with van der Waals surface area (Å²) in [5.74, 6) is -2.57. The molecule has 2 nitrogen and oxygen atoms in total. The molecule has 0 bridgehead atoms. The van der Waals surface area contributed by atoms with Gasteiger partial charge in [0, 0.05) is 0 Å². The Kier molecular flexibility index (Phi) is 9.37. The maximum Gasteiger partial charge on any atom is 0.573 e. The van der Waals surface area contributed by atoms with Crippen LogP contribution in [0, 0.1) is 35.3 Å². The van der Waals surface area contributed by atoms with Crippen LogP contribution in [-0.2, 0) is 12.5 Å². The smallest absolute Gasteiger partial charge is 0.429 e. The maximum absolute atomic E-state index is 14.5. The molecule has 0 atom stereocenters. The second kappa shape index (κ2) is 12.4. The lowest BCUT2D eigenvalue weighted by Crippen LogP contribution is -2.25. The van der Waals surface area contributed by atoms with E-state index in [1.807, 2.05) is 0 Å². The van der Waals surface area contributed by atoms with E-state index in [1.54, 1.807) is 12.1 Å². The number of halogens is 7. The van der Waals surface area contributed by atoms with Crippen molar-refractivity contribution in [3.05, 3.63) is 59.2 Å². The summed E-state index contributed by atoms with van der Waals surface area (Å²) in [4.78, 5) is 0. The summed E-state index contributed by atoms with van der Waals surface area (Å²) >= 11 is 0. The third-order valence-electron chi connectivity index (χ3n) is 8.59. The highest BCUT2D eigenvalue weighted by atomic mass is 19.4. The van der Waals surface area contributed by atoms with E-state index in [1.165, 1.54) is 69.9 Å². The second-order valence-electron chi connectivity index (χ2n) is 11.1. The first-order valence-corrected chi connectivity index (χ1v) is 13.8. The minimum absolute atomic E-state index is 0.0590. The van der Waals surface area contributed by atoms with Gasteiger partial charge in [-0.15, -0.1) is 13.2 Å². The highest BCUT2D eigenvalue weighted by Crippen LogP contribution is 2.43. The Morgan fingerprint density at radius 3 is 1.72 bits per heavy atom. The van der Waals surface area contributed by atoms with Gasteiger partial charge in [0.25, 0.3) is 0 Å². The van der Waals surface area contributed by atoms with Gasteiger partial charge in [0.2, 0.25) is 5.75 Å². The fourth-order valence-corrected chi connectivity index (χ4v) is 6.26. The quantitative estimate of drug-likeness (QED) is 0.284. The fourth-order valence-electron chi connectivity index (χ4n) is 6.26. The maximum atomic E-state index is 14.5. The average Bonchev–Trinajstić information content (AvgIpc) is 2.90. The van der Waals surface area contributed by atoms with Crippen LogP contribution >= 0.6 is 0 Å². The van der Waals surface area contributed by atoms with Crippen molar-refractivity contribution in [2.45, 2.75) is 90.0 Å². The van der Waals surface area contributed by atoms with Gasteiger partial charge >= 0.3 is 12.5 Å². The Morgan fingerprint density at radius 2 is 1.23 bits per heavy atom. The minimum Gasteiger partial charge on any atom is -0.429 e. The van der Waals surface area contributed by atoms with E-state index in [9.17, 15) is 30.7 Å². The first-order chi connectivity index (χ1) is 18.4. The summed E-state index contributed by atoms with van der Waals surface area (Å²) in [5.41, 5.74) is -0.304. The van der Waals surface area contributed by atoms with Crippen molar-refractivity contribution >= 4 is 0 Å². The summed E-state index contributed by atoms with van der Waals surface area (Å²) in [6.07, 6.45) is 4.12. The van der Waals surface area contributed by atoms with E-state index < -0.39 is 35.4 Å². The molecule has 2 aliphatic carbocycles. The lowest BCUT2D eigenvalue weighted by atomic mass is 9.68. The molecule has 0 heterocycles. The monoisotopic (exact) mass is 560 g/mol. The van der Waals surface area contributed by atoms with Crippen molar-refractivity contribution in [2.24, 2.45) is 23.7 Å². The van der Waals surface area contributed by atoms with Crippen molar-refractivity contribution in [3.63, 3.8) is 0 Å². The Labute approximate surface area is 224 Å². The normalized spacial score (nSPS) is 24.4. The molecular formula is C30H35F7O2. The van der Waals surface area contributed by atoms with E-state index in [4.69, 9.17) is 0 Å². The van der Waals surface area contributed by atoms with Crippen LogP contribution in [0.2, 0.25) is 0 Å². The van der Waals surface area contributed by atoms with Gasteiger partial charge in [-0.05, 0) is 92.0 Å². The molecule has 0 aliphatic heterocycles. The molecule has 0 amide bonds. The minimum atomic E-state index is -5.38. The molecule has 4 rings (SSSR count). The molecule has 2 aromatic rings. The van der Waals surface area contributed by atoms with Gasteiger partial charge in [-0.2, -0.15) is 8.78 Å². The van der Waals surface area contributed by atoms with Crippen molar-refractivity contribution in [2.75, 3.05) is 0 Å². The Hall–Kier alpha value is -2.45. The number of alkyl halides is 5. The molecule has 2 aromatic carbocycles. The SMILES string of the molecule is CCC1CCC(C2CCC(CCc3ccc(OC(F)(F)c4cc(F)c(OC(F)(F)F)c(F)c4)cc3)CC2)CC1. The largest absolute Gasteiger partial charge is 0.573 e. The standard InChI is InChI=1S/C30H35F7O2/c1-2-19-5-11-22(12-6-19)23-13-7-20(8-14-23)3-4-21-9-15-25(16-10-21)38-29(33,34)24-17-26(31)28(27(32)18-24)39-30(35,36)37/h9-10,15-20,22-23H,2-8,11-14H2,1H3. The van der Waals surface area contributed by atoms with Crippen LogP contribution in [0.25, 0.3) is 0 Å². The van der Waals surface area contributed by atoms with Crippen molar-refractivity contribution in [1.82, 2.24) is 0 Å². The van der Waals surface area contributed by atoms with E-state index >= 15 is 0 Å².